The molecule has 1 aromatic carbocycles. The number of hydrogen-bond donors (Lipinski definition) is 2. The normalized spacial score (nSPS) is 27.4. The fourth-order valence-electron chi connectivity index (χ4n) is 4.09. The number of aliphatic imine (C=N–C) groups is 1. The number of rotatable bonds is 5. The summed E-state index contributed by atoms with van der Waals surface area (Å²) >= 11 is 2.05. The van der Waals surface area contributed by atoms with Crippen LogP contribution in [-0.4, -0.2) is 55.3 Å². The van der Waals surface area contributed by atoms with Gasteiger partial charge < -0.3 is 20.3 Å². The van der Waals surface area contributed by atoms with Crippen molar-refractivity contribution in [3.63, 3.8) is 0 Å². The second kappa shape index (κ2) is 10.2. The Morgan fingerprint density at radius 3 is 2.63 bits per heavy atom. The number of thioether (sulfide) groups is 1. The van der Waals surface area contributed by atoms with Crippen LogP contribution in [0.3, 0.4) is 0 Å². The second-order valence-electron chi connectivity index (χ2n) is 7.32. The molecule has 2 bridgehead atoms. The Kier molecular flexibility index (Phi) is 7.96. The molecule has 1 aromatic rings. The maximum absolute atomic E-state index is 5.95. The molecular weight excluding hydrogens is 471 g/mol. The molecule has 7 heteroatoms. The highest BCUT2D eigenvalue weighted by Gasteiger charge is 2.41. The molecule has 0 spiro atoms. The molecule has 0 saturated carbocycles. The lowest BCUT2D eigenvalue weighted by Crippen LogP contribution is -2.47. The van der Waals surface area contributed by atoms with E-state index < -0.39 is 0 Å². The van der Waals surface area contributed by atoms with E-state index in [-0.39, 0.29) is 24.0 Å². The minimum absolute atomic E-state index is 0. The zero-order valence-electron chi connectivity index (χ0n) is 16.0. The number of nitrogens with zero attached hydrogens (tertiary/aromatic N) is 2. The van der Waals surface area contributed by atoms with Gasteiger partial charge in [0, 0.05) is 36.8 Å². The summed E-state index contributed by atoms with van der Waals surface area (Å²) in [4.78, 5) is 7.27. The third kappa shape index (κ3) is 5.44. The summed E-state index contributed by atoms with van der Waals surface area (Å²) in [5.74, 6) is 3.37. The van der Waals surface area contributed by atoms with E-state index in [4.69, 9.17) is 9.73 Å². The summed E-state index contributed by atoms with van der Waals surface area (Å²) in [7, 11) is 0. The van der Waals surface area contributed by atoms with E-state index >= 15 is 0 Å². The molecule has 3 fully saturated rings. The third-order valence-electron chi connectivity index (χ3n) is 5.50. The maximum atomic E-state index is 5.95. The van der Waals surface area contributed by atoms with Crippen molar-refractivity contribution >= 4 is 47.4 Å². The highest BCUT2D eigenvalue weighted by Crippen LogP contribution is 2.34. The first kappa shape index (κ1) is 21.0. The van der Waals surface area contributed by atoms with Gasteiger partial charge in [0.1, 0.15) is 0 Å². The van der Waals surface area contributed by atoms with Crippen LogP contribution in [-0.2, 0) is 11.3 Å². The lowest BCUT2D eigenvalue weighted by Gasteiger charge is -2.28. The third-order valence-corrected chi connectivity index (χ3v) is 6.45. The number of nitrogens with one attached hydrogen (secondary N) is 2. The Balaban J connectivity index is 0.00000210. The van der Waals surface area contributed by atoms with E-state index in [0.717, 1.165) is 32.0 Å². The van der Waals surface area contributed by atoms with Crippen molar-refractivity contribution in [1.82, 2.24) is 10.6 Å². The molecule has 150 valence electrons. The Morgan fingerprint density at radius 1 is 1.22 bits per heavy atom. The van der Waals surface area contributed by atoms with Crippen LogP contribution >= 0.6 is 35.7 Å². The highest BCUT2D eigenvalue weighted by atomic mass is 127. The Labute approximate surface area is 184 Å². The van der Waals surface area contributed by atoms with Gasteiger partial charge in [0.05, 0.1) is 24.8 Å². The molecule has 4 rings (SSSR count). The molecule has 0 aliphatic carbocycles. The monoisotopic (exact) mass is 502 g/mol. The molecule has 3 aliphatic rings. The minimum Gasteiger partial charge on any atom is -0.373 e. The Bertz CT molecular complexity index is 621. The average Bonchev–Trinajstić information content (AvgIpc) is 3.31. The molecule has 3 heterocycles. The van der Waals surface area contributed by atoms with Gasteiger partial charge in [0.15, 0.2) is 5.96 Å². The van der Waals surface area contributed by atoms with E-state index in [9.17, 15) is 0 Å². The zero-order valence-corrected chi connectivity index (χ0v) is 19.2. The fraction of sp³-hybridized carbons (Fsp3) is 0.650. The lowest BCUT2D eigenvalue weighted by molar-refractivity contribution is 0.0992. The van der Waals surface area contributed by atoms with Gasteiger partial charge in [-0.15, -0.1) is 24.0 Å². The van der Waals surface area contributed by atoms with Crippen molar-refractivity contribution in [2.75, 3.05) is 36.0 Å². The fourth-order valence-corrected chi connectivity index (χ4v) is 4.99. The van der Waals surface area contributed by atoms with Gasteiger partial charge in [-0.05, 0) is 43.9 Å². The largest absolute Gasteiger partial charge is 0.373 e. The van der Waals surface area contributed by atoms with Gasteiger partial charge in [-0.3, -0.25) is 0 Å². The van der Waals surface area contributed by atoms with E-state index in [0.29, 0.717) is 24.8 Å². The van der Waals surface area contributed by atoms with E-state index in [1.807, 2.05) is 11.8 Å². The maximum Gasteiger partial charge on any atom is 0.191 e. The van der Waals surface area contributed by atoms with Gasteiger partial charge >= 0.3 is 0 Å². The van der Waals surface area contributed by atoms with Gasteiger partial charge in [-0.2, -0.15) is 11.8 Å². The number of benzene rings is 1. The standard InChI is InChI=1S/C20H30N4OS.HI/c1-2-21-20(23-18-13-17-7-8-19(18)25-17)22-14-15-3-5-16(6-4-15)24-9-11-26-12-10-24;/h3-6,17-19H,2,7-14H2,1H3,(H2,21,22,23);1H. The predicted molar refractivity (Wildman–Crippen MR) is 126 cm³/mol. The van der Waals surface area contributed by atoms with Crippen LogP contribution in [0.25, 0.3) is 0 Å². The van der Waals surface area contributed by atoms with Gasteiger partial charge in [0.2, 0.25) is 0 Å². The number of halogens is 1. The van der Waals surface area contributed by atoms with Gasteiger partial charge in [0.25, 0.3) is 0 Å². The van der Waals surface area contributed by atoms with Crippen LogP contribution in [0.4, 0.5) is 5.69 Å². The molecular formula is C20H31IN4OS. The molecule has 27 heavy (non-hydrogen) atoms. The summed E-state index contributed by atoms with van der Waals surface area (Å²) in [6.45, 7) is 6.00. The van der Waals surface area contributed by atoms with Crippen molar-refractivity contribution in [3.05, 3.63) is 29.8 Å². The molecule has 3 atom stereocenters. The van der Waals surface area contributed by atoms with Crippen LogP contribution in [0.5, 0.6) is 0 Å². The zero-order chi connectivity index (χ0) is 17.8. The molecule has 3 aliphatic heterocycles. The first-order valence-electron chi connectivity index (χ1n) is 9.94. The molecule has 3 unspecified atom stereocenters. The molecule has 5 nitrogen and oxygen atoms in total. The summed E-state index contributed by atoms with van der Waals surface area (Å²) in [5, 5.41) is 6.96. The van der Waals surface area contributed by atoms with E-state index in [1.54, 1.807) is 0 Å². The molecule has 0 aromatic heterocycles. The molecule has 0 radical (unpaired) electrons. The molecule has 2 N–H and O–H groups in total. The number of fused-ring (bicyclic) bond motifs is 2. The highest BCUT2D eigenvalue weighted by molar-refractivity contribution is 14.0. The van der Waals surface area contributed by atoms with E-state index in [2.05, 4.69) is 46.7 Å². The predicted octanol–water partition coefficient (Wildman–Crippen LogP) is 3.23. The first-order valence-corrected chi connectivity index (χ1v) is 11.1. The van der Waals surface area contributed by atoms with Gasteiger partial charge in [-0.25, -0.2) is 4.99 Å². The Hall–Kier alpha value is -0.670. The van der Waals surface area contributed by atoms with Crippen molar-refractivity contribution in [2.45, 2.75) is 51.0 Å². The van der Waals surface area contributed by atoms with Crippen molar-refractivity contribution < 1.29 is 4.74 Å². The van der Waals surface area contributed by atoms with Gasteiger partial charge in [-0.1, -0.05) is 12.1 Å². The summed E-state index contributed by atoms with van der Waals surface area (Å²) in [5.41, 5.74) is 2.59. The van der Waals surface area contributed by atoms with Crippen LogP contribution in [0.2, 0.25) is 0 Å². The second-order valence-corrected chi connectivity index (χ2v) is 8.55. The van der Waals surface area contributed by atoms with Crippen LogP contribution in [0.15, 0.2) is 29.3 Å². The topological polar surface area (TPSA) is 48.9 Å². The average molecular weight is 502 g/mol. The number of hydrogen-bond acceptors (Lipinski definition) is 4. The summed E-state index contributed by atoms with van der Waals surface area (Å²) in [6, 6.07) is 9.32. The van der Waals surface area contributed by atoms with Crippen molar-refractivity contribution in [1.29, 1.82) is 0 Å². The number of ether oxygens (including phenoxy) is 1. The Morgan fingerprint density at radius 2 is 2.00 bits per heavy atom. The van der Waals surface area contributed by atoms with Crippen LogP contribution in [0.1, 0.15) is 31.7 Å². The molecule has 3 saturated heterocycles. The van der Waals surface area contributed by atoms with Crippen LogP contribution < -0.4 is 15.5 Å². The number of anilines is 1. The lowest BCUT2D eigenvalue weighted by atomic mass is 9.96. The SMILES string of the molecule is CCNC(=NCc1ccc(N2CCSCC2)cc1)NC1CC2CCC1O2.I. The summed E-state index contributed by atoms with van der Waals surface area (Å²) < 4.78 is 5.95. The van der Waals surface area contributed by atoms with Crippen molar-refractivity contribution in [3.8, 4) is 0 Å². The summed E-state index contributed by atoms with van der Waals surface area (Å²) in [6.07, 6.45) is 4.33. The van der Waals surface area contributed by atoms with E-state index in [1.165, 1.54) is 35.6 Å². The quantitative estimate of drug-likeness (QED) is 0.368. The number of guanidine groups is 1. The molecule has 0 amide bonds. The smallest absolute Gasteiger partial charge is 0.191 e. The minimum atomic E-state index is 0. The first-order chi connectivity index (χ1) is 12.8. The van der Waals surface area contributed by atoms with Crippen LogP contribution in [0, 0.1) is 0 Å². The van der Waals surface area contributed by atoms with Crippen molar-refractivity contribution in [2.24, 2.45) is 4.99 Å².